The molecule has 0 aliphatic carbocycles. The Labute approximate surface area is 178 Å². The summed E-state index contributed by atoms with van der Waals surface area (Å²) in [5, 5.41) is 5.18. The Morgan fingerprint density at radius 3 is 2.30 bits per heavy atom. The maximum Gasteiger partial charge on any atom is 0.416 e. The molecule has 2 aromatic carbocycles. The third-order valence-electron chi connectivity index (χ3n) is 4.89. The van der Waals surface area contributed by atoms with Gasteiger partial charge in [0.25, 0.3) is 5.56 Å². The first-order valence-electron chi connectivity index (χ1n) is 8.83. The molecule has 9 heteroatoms. The fraction of sp³-hybridized carbons (Fsp3) is 0.143. The van der Waals surface area contributed by atoms with Gasteiger partial charge in [-0.25, -0.2) is 0 Å². The summed E-state index contributed by atoms with van der Waals surface area (Å²) in [5.74, 6) is 0. The minimum absolute atomic E-state index is 0.332. The second-order valence-electron chi connectivity index (χ2n) is 6.85. The summed E-state index contributed by atoms with van der Waals surface area (Å²) in [7, 11) is 0. The van der Waals surface area contributed by atoms with Crippen LogP contribution in [-0.2, 0) is 6.18 Å². The van der Waals surface area contributed by atoms with Gasteiger partial charge < -0.3 is 4.98 Å². The molecule has 30 heavy (non-hydrogen) atoms. The van der Waals surface area contributed by atoms with Crippen molar-refractivity contribution in [3.05, 3.63) is 79.7 Å². The van der Waals surface area contributed by atoms with Gasteiger partial charge in [0.1, 0.15) is 5.65 Å². The van der Waals surface area contributed by atoms with Crippen molar-refractivity contribution in [2.24, 2.45) is 0 Å². The molecule has 0 saturated carbocycles. The summed E-state index contributed by atoms with van der Waals surface area (Å²) in [6.07, 6.45) is -4.44. The van der Waals surface area contributed by atoms with Gasteiger partial charge in [-0.05, 0) is 43.7 Å². The van der Waals surface area contributed by atoms with Crippen LogP contribution in [0.3, 0.4) is 0 Å². The van der Waals surface area contributed by atoms with Gasteiger partial charge >= 0.3 is 6.18 Å². The molecule has 0 radical (unpaired) electrons. The highest BCUT2D eigenvalue weighted by Crippen LogP contribution is 2.35. The van der Waals surface area contributed by atoms with Crippen molar-refractivity contribution in [3.63, 3.8) is 0 Å². The van der Waals surface area contributed by atoms with E-state index in [9.17, 15) is 18.0 Å². The number of aromatic nitrogens is 3. The molecule has 2 aromatic heterocycles. The second kappa shape index (κ2) is 7.18. The van der Waals surface area contributed by atoms with Gasteiger partial charge in [0.2, 0.25) is 0 Å². The van der Waals surface area contributed by atoms with Crippen LogP contribution in [0.5, 0.6) is 0 Å². The molecule has 4 nitrogen and oxygen atoms in total. The fourth-order valence-electron chi connectivity index (χ4n) is 3.40. The zero-order valence-corrected chi connectivity index (χ0v) is 17.2. The fourth-order valence-corrected chi connectivity index (χ4v) is 3.90. The predicted molar refractivity (Wildman–Crippen MR) is 111 cm³/mol. The molecular formula is C21H14Cl2F3N3O. The van der Waals surface area contributed by atoms with Crippen molar-refractivity contribution < 1.29 is 13.2 Å². The topological polar surface area (TPSA) is 50.2 Å². The molecule has 0 amide bonds. The number of rotatable bonds is 2. The van der Waals surface area contributed by atoms with Gasteiger partial charge in [-0.3, -0.25) is 4.79 Å². The van der Waals surface area contributed by atoms with Crippen molar-refractivity contribution >= 4 is 28.8 Å². The molecule has 0 aliphatic heterocycles. The SMILES string of the molecule is Cc1nn2c(=O)c(C)c(-c3ccc(C(F)(F)F)cc3)[nH]c2c1-c1ccc(Cl)cc1Cl. The van der Waals surface area contributed by atoms with E-state index in [0.29, 0.717) is 49.3 Å². The maximum atomic E-state index is 12.9. The van der Waals surface area contributed by atoms with Crippen LogP contribution in [0.15, 0.2) is 47.3 Å². The summed E-state index contributed by atoms with van der Waals surface area (Å²) < 4.78 is 39.9. The number of aryl methyl sites for hydroxylation is 1. The Morgan fingerprint density at radius 2 is 1.70 bits per heavy atom. The predicted octanol–water partition coefficient (Wildman–Crippen LogP) is 6.30. The van der Waals surface area contributed by atoms with Crippen LogP contribution in [0.4, 0.5) is 13.2 Å². The smallest absolute Gasteiger partial charge is 0.339 e. The van der Waals surface area contributed by atoms with E-state index in [4.69, 9.17) is 23.2 Å². The van der Waals surface area contributed by atoms with Gasteiger partial charge in [0.15, 0.2) is 0 Å². The Hall–Kier alpha value is -2.77. The van der Waals surface area contributed by atoms with Gasteiger partial charge in [0, 0.05) is 21.7 Å². The second-order valence-corrected chi connectivity index (χ2v) is 7.69. The van der Waals surface area contributed by atoms with Crippen molar-refractivity contribution in [1.29, 1.82) is 0 Å². The van der Waals surface area contributed by atoms with Gasteiger partial charge in [-0.15, -0.1) is 0 Å². The average Bonchev–Trinajstić information content (AvgIpc) is 3.00. The number of halogens is 5. The number of nitrogens with zero attached hydrogens (tertiary/aromatic N) is 2. The molecule has 0 spiro atoms. The molecule has 0 aliphatic rings. The van der Waals surface area contributed by atoms with Crippen LogP contribution < -0.4 is 5.56 Å². The minimum Gasteiger partial charge on any atom is -0.339 e. The van der Waals surface area contributed by atoms with Crippen molar-refractivity contribution in [3.8, 4) is 22.4 Å². The number of alkyl halides is 3. The summed E-state index contributed by atoms with van der Waals surface area (Å²) >= 11 is 12.4. The van der Waals surface area contributed by atoms with E-state index >= 15 is 0 Å². The lowest BCUT2D eigenvalue weighted by Crippen LogP contribution is -2.19. The Kier molecular flexibility index (Phi) is 4.91. The number of benzene rings is 2. The number of aromatic amines is 1. The lowest BCUT2D eigenvalue weighted by Gasteiger charge is -2.11. The lowest BCUT2D eigenvalue weighted by molar-refractivity contribution is -0.137. The normalized spacial score (nSPS) is 12.0. The summed E-state index contributed by atoms with van der Waals surface area (Å²) in [6.45, 7) is 3.34. The van der Waals surface area contributed by atoms with Crippen molar-refractivity contribution in [1.82, 2.24) is 14.6 Å². The third-order valence-corrected chi connectivity index (χ3v) is 5.44. The van der Waals surface area contributed by atoms with Gasteiger partial charge in [-0.2, -0.15) is 22.8 Å². The Morgan fingerprint density at radius 1 is 1.03 bits per heavy atom. The number of H-pyrrole nitrogens is 1. The summed E-state index contributed by atoms with van der Waals surface area (Å²) in [4.78, 5) is 16.1. The first-order valence-corrected chi connectivity index (χ1v) is 9.59. The van der Waals surface area contributed by atoms with E-state index in [1.54, 1.807) is 32.0 Å². The van der Waals surface area contributed by atoms with Crippen LogP contribution in [0, 0.1) is 13.8 Å². The molecule has 0 unspecified atom stereocenters. The molecule has 0 saturated heterocycles. The molecule has 0 bridgehead atoms. The molecule has 4 rings (SSSR count). The number of hydrogen-bond acceptors (Lipinski definition) is 2. The molecule has 0 fully saturated rings. The first kappa shape index (κ1) is 20.5. The van der Waals surface area contributed by atoms with Crippen molar-refractivity contribution in [2.45, 2.75) is 20.0 Å². The molecular weight excluding hydrogens is 438 g/mol. The Balaban J connectivity index is 1.97. The van der Waals surface area contributed by atoms with Crippen LogP contribution in [0.2, 0.25) is 10.0 Å². The highest BCUT2D eigenvalue weighted by atomic mass is 35.5. The van der Waals surface area contributed by atoms with Crippen molar-refractivity contribution in [2.75, 3.05) is 0 Å². The van der Waals surface area contributed by atoms with E-state index in [-0.39, 0.29) is 5.56 Å². The Bertz CT molecular complexity index is 1340. The third kappa shape index (κ3) is 3.38. The number of fused-ring (bicyclic) bond motifs is 1. The lowest BCUT2D eigenvalue weighted by atomic mass is 10.0. The van der Waals surface area contributed by atoms with Gasteiger partial charge in [0.05, 0.1) is 22.0 Å². The maximum absolute atomic E-state index is 12.9. The molecule has 154 valence electrons. The van der Waals surface area contributed by atoms with Crippen LogP contribution in [0.25, 0.3) is 28.0 Å². The summed E-state index contributed by atoms with van der Waals surface area (Å²) in [5.41, 5.74) is 2.25. The average molecular weight is 452 g/mol. The zero-order chi connectivity index (χ0) is 21.8. The van der Waals surface area contributed by atoms with E-state index in [1.165, 1.54) is 16.6 Å². The molecule has 0 atom stereocenters. The van der Waals surface area contributed by atoms with E-state index in [2.05, 4.69) is 10.1 Å². The standard InChI is InChI=1S/C21H14Cl2F3N3O/c1-10-18(12-3-5-13(6-4-12)21(24,25)26)27-19-17(11(2)28-29(19)20(10)30)15-8-7-14(22)9-16(15)23/h3-9,27H,1-2H3. The molecule has 1 N–H and O–H groups in total. The van der Waals surface area contributed by atoms with Crippen LogP contribution >= 0.6 is 23.2 Å². The van der Waals surface area contributed by atoms with E-state index in [0.717, 1.165) is 12.1 Å². The molecule has 2 heterocycles. The highest BCUT2D eigenvalue weighted by molar-refractivity contribution is 6.36. The minimum atomic E-state index is -4.44. The zero-order valence-electron chi connectivity index (χ0n) is 15.7. The van der Waals surface area contributed by atoms with E-state index < -0.39 is 11.7 Å². The monoisotopic (exact) mass is 451 g/mol. The van der Waals surface area contributed by atoms with Crippen LogP contribution in [-0.4, -0.2) is 14.6 Å². The summed E-state index contributed by atoms with van der Waals surface area (Å²) in [6, 6.07) is 9.61. The highest BCUT2D eigenvalue weighted by Gasteiger charge is 2.30. The molecule has 4 aromatic rings. The first-order chi connectivity index (χ1) is 14.1. The quantitative estimate of drug-likeness (QED) is 0.388. The van der Waals surface area contributed by atoms with Gasteiger partial charge in [-0.1, -0.05) is 41.4 Å². The number of nitrogens with one attached hydrogen (secondary N) is 1. The van der Waals surface area contributed by atoms with E-state index in [1.807, 2.05) is 0 Å². The number of hydrogen-bond donors (Lipinski definition) is 1. The van der Waals surface area contributed by atoms with Crippen LogP contribution in [0.1, 0.15) is 16.8 Å². The largest absolute Gasteiger partial charge is 0.416 e.